The van der Waals surface area contributed by atoms with E-state index >= 15 is 0 Å². The van der Waals surface area contributed by atoms with Gasteiger partial charge in [-0.05, 0) is 35.6 Å². The molecule has 2 aromatic carbocycles. The summed E-state index contributed by atoms with van der Waals surface area (Å²) < 4.78 is 0. The van der Waals surface area contributed by atoms with Crippen LogP contribution < -0.4 is 5.32 Å². The fourth-order valence-electron chi connectivity index (χ4n) is 2.80. The SMILES string of the molecule is CCc1ccc(C2CCNc3ccccc32)cc1. The molecule has 1 N–H and O–H groups in total. The first-order chi connectivity index (χ1) is 8.88. The van der Waals surface area contributed by atoms with Crippen LogP contribution in [-0.4, -0.2) is 6.54 Å². The van der Waals surface area contributed by atoms with Crippen molar-refractivity contribution in [3.8, 4) is 0 Å². The zero-order valence-electron chi connectivity index (χ0n) is 10.8. The summed E-state index contributed by atoms with van der Waals surface area (Å²) in [6.07, 6.45) is 2.30. The van der Waals surface area contributed by atoms with Crippen molar-refractivity contribution in [3.05, 3.63) is 65.2 Å². The van der Waals surface area contributed by atoms with Gasteiger partial charge in [-0.2, -0.15) is 0 Å². The van der Waals surface area contributed by atoms with Crippen LogP contribution in [0.5, 0.6) is 0 Å². The van der Waals surface area contributed by atoms with Gasteiger partial charge >= 0.3 is 0 Å². The number of para-hydroxylation sites is 1. The zero-order chi connectivity index (χ0) is 12.4. The average molecular weight is 237 g/mol. The maximum Gasteiger partial charge on any atom is 0.0379 e. The van der Waals surface area contributed by atoms with E-state index in [1.165, 1.54) is 28.8 Å². The maximum atomic E-state index is 3.48. The van der Waals surface area contributed by atoms with Gasteiger partial charge < -0.3 is 5.32 Å². The molecule has 1 atom stereocenters. The van der Waals surface area contributed by atoms with Gasteiger partial charge in [0.1, 0.15) is 0 Å². The van der Waals surface area contributed by atoms with Crippen LogP contribution in [0, 0.1) is 0 Å². The lowest BCUT2D eigenvalue weighted by Gasteiger charge is -2.27. The minimum atomic E-state index is 0.549. The molecule has 1 nitrogen and oxygen atoms in total. The van der Waals surface area contributed by atoms with Crippen molar-refractivity contribution in [2.45, 2.75) is 25.7 Å². The van der Waals surface area contributed by atoms with Crippen molar-refractivity contribution in [2.75, 3.05) is 11.9 Å². The smallest absolute Gasteiger partial charge is 0.0379 e. The standard InChI is InChI=1S/C17H19N/c1-2-13-7-9-14(10-8-13)15-11-12-18-17-6-4-3-5-16(15)17/h3-10,15,18H,2,11-12H2,1H3. The highest BCUT2D eigenvalue weighted by Gasteiger charge is 2.20. The molecule has 18 heavy (non-hydrogen) atoms. The number of fused-ring (bicyclic) bond motifs is 1. The van der Waals surface area contributed by atoms with Crippen molar-refractivity contribution in [2.24, 2.45) is 0 Å². The lowest BCUT2D eigenvalue weighted by atomic mass is 9.85. The van der Waals surface area contributed by atoms with Crippen molar-refractivity contribution < 1.29 is 0 Å². The van der Waals surface area contributed by atoms with Gasteiger partial charge in [0.25, 0.3) is 0 Å². The Morgan fingerprint density at radius 1 is 1.06 bits per heavy atom. The summed E-state index contributed by atoms with van der Waals surface area (Å²) in [6.45, 7) is 3.27. The summed E-state index contributed by atoms with van der Waals surface area (Å²) in [7, 11) is 0. The Kier molecular flexibility index (Phi) is 3.06. The number of benzene rings is 2. The van der Waals surface area contributed by atoms with Crippen LogP contribution in [0.3, 0.4) is 0 Å². The summed E-state index contributed by atoms with van der Waals surface area (Å²) in [5, 5.41) is 3.48. The molecule has 1 aliphatic rings. The predicted octanol–water partition coefficient (Wildman–Crippen LogP) is 4.20. The van der Waals surface area contributed by atoms with Crippen LogP contribution >= 0.6 is 0 Å². The summed E-state index contributed by atoms with van der Waals surface area (Å²) in [6, 6.07) is 17.8. The third-order valence-electron chi connectivity index (χ3n) is 3.88. The fourth-order valence-corrected chi connectivity index (χ4v) is 2.80. The molecule has 0 aromatic heterocycles. The summed E-state index contributed by atoms with van der Waals surface area (Å²) in [5.74, 6) is 0.549. The first-order valence-corrected chi connectivity index (χ1v) is 6.80. The van der Waals surface area contributed by atoms with Crippen molar-refractivity contribution in [3.63, 3.8) is 0 Å². The monoisotopic (exact) mass is 237 g/mol. The Hall–Kier alpha value is -1.76. The van der Waals surface area contributed by atoms with Gasteiger partial charge in [-0.25, -0.2) is 0 Å². The second kappa shape index (κ2) is 4.85. The zero-order valence-corrected chi connectivity index (χ0v) is 10.8. The molecule has 2 aromatic rings. The molecule has 92 valence electrons. The highest BCUT2D eigenvalue weighted by molar-refractivity contribution is 5.57. The van der Waals surface area contributed by atoms with E-state index in [0.717, 1.165) is 13.0 Å². The molecular formula is C17H19N. The Labute approximate surface area is 109 Å². The Bertz CT molecular complexity index is 528. The number of anilines is 1. The van der Waals surface area contributed by atoms with Crippen LogP contribution in [0.2, 0.25) is 0 Å². The molecule has 1 unspecified atom stereocenters. The highest BCUT2D eigenvalue weighted by Crippen LogP contribution is 2.36. The number of hydrogen-bond acceptors (Lipinski definition) is 1. The van der Waals surface area contributed by atoms with E-state index in [4.69, 9.17) is 0 Å². The molecular weight excluding hydrogens is 218 g/mol. The summed E-state index contributed by atoms with van der Waals surface area (Å²) in [4.78, 5) is 0. The first-order valence-electron chi connectivity index (χ1n) is 6.80. The lowest BCUT2D eigenvalue weighted by molar-refractivity contribution is 0.720. The van der Waals surface area contributed by atoms with Crippen molar-refractivity contribution >= 4 is 5.69 Å². The molecule has 1 aliphatic heterocycles. The van der Waals surface area contributed by atoms with Crippen LogP contribution in [0.1, 0.15) is 36.0 Å². The molecule has 0 fully saturated rings. The van der Waals surface area contributed by atoms with E-state index in [1.807, 2.05) is 0 Å². The average Bonchev–Trinajstić information content (AvgIpc) is 2.47. The van der Waals surface area contributed by atoms with E-state index < -0.39 is 0 Å². The molecule has 0 bridgehead atoms. The molecule has 1 heterocycles. The molecule has 1 heteroatoms. The summed E-state index contributed by atoms with van der Waals surface area (Å²) >= 11 is 0. The van der Waals surface area contributed by atoms with E-state index in [1.54, 1.807) is 0 Å². The third-order valence-corrected chi connectivity index (χ3v) is 3.88. The maximum absolute atomic E-state index is 3.48. The van der Waals surface area contributed by atoms with Crippen molar-refractivity contribution in [1.82, 2.24) is 0 Å². The number of nitrogens with one attached hydrogen (secondary N) is 1. The molecule has 3 rings (SSSR count). The number of aryl methyl sites for hydroxylation is 1. The van der Waals surface area contributed by atoms with Gasteiger partial charge in [0.15, 0.2) is 0 Å². The van der Waals surface area contributed by atoms with Gasteiger partial charge in [-0.1, -0.05) is 49.4 Å². The van der Waals surface area contributed by atoms with Gasteiger partial charge in [-0.15, -0.1) is 0 Å². The predicted molar refractivity (Wildman–Crippen MR) is 77.2 cm³/mol. The molecule has 0 radical (unpaired) electrons. The first kappa shape index (κ1) is 11.3. The quantitative estimate of drug-likeness (QED) is 0.825. The lowest BCUT2D eigenvalue weighted by Crippen LogP contribution is -2.17. The van der Waals surface area contributed by atoms with E-state index in [-0.39, 0.29) is 0 Å². The van der Waals surface area contributed by atoms with E-state index in [2.05, 4.69) is 60.8 Å². The highest BCUT2D eigenvalue weighted by atomic mass is 14.9. The van der Waals surface area contributed by atoms with Crippen LogP contribution in [0.25, 0.3) is 0 Å². The summed E-state index contributed by atoms with van der Waals surface area (Å²) in [5.41, 5.74) is 5.60. The topological polar surface area (TPSA) is 12.0 Å². The van der Waals surface area contributed by atoms with Crippen LogP contribution in [0.15, 0.2) is 48.5 Å². The van der Waals surface area contributed by atoms with E-state index in [9.17, 15) is 0 Å². The van der Waals surface area contributed by atoms with E-state index in [0.29, 0.717) is 5.92 Å². The molecule has 0 amide bonds. The molecule has 0 spiro atoms. The minimum Gasteiger partial charge on any atom is -0.385 e. The van der Waals surface area contributed by atoms with Gasteiger partial charge in [0.2, 0.25) is 0 Å². The van der Waals surface area contributed by atoms with Gasteiger partial charge in [0, 0.05) is 18.2 Å². The number of rotatable bonds is 2. The fraction of sp³-hybridized carbons (Fsp3) is 0.294. The molecule has 0 aliphatic carbocycles. The third kappa shape index (κ3) is 2.01. The minimum absolute atomic E-state index is 0.549. The second-order valence-electron chi connectivity index (χ2n) is 4.95. The normalized spacial score (nSPS) is 17.9. The Morgan fingerprint density at radius 2 is 1.83 bits per heavy atom. The second-order valence-corrected chi connectivity index (χ2v) is 4.95. The largest absolute Gasteiger partial charge is 0.385 e. The van der Waals surface area contributed by atoms with Crippen LogP contribution in [0.4, 0.5) is 5.69 Å². The number of hydrogen-bond donors (Lipinski definition) is 1. The van der Waals surface area contributed by atoms with Gasteiger partial charge in [0.05, 0.1) is 0 Å². The Morgan fingerprint density at radius 3 is 2.61 bits per heavy atom. The van der Waals surface area contributed by atoms with Crippen LogP contribution in [-0.2, 0) is 6.42 Å². The Balaban J connectivity index is 1.97. The van der Waals surface area contributed by atoms with Crippen molar-refractivity contribution in [1.29, 1.82) is 0 Å². The molecule has 0 saturated heterocycles. The van der Waals surface area contributed by atoms with Gasteiger partial charge in [-0.3, -0.25) is 0 Å². The molecule has 0 saturated carbocycles.